The van der Waals surface area contributed by atoms with Gasteiger partial charge in [0, 0.05) is 12.1 Å². The first-order valence-electron chi connectivity index (χ1n) is 7.77. The van der Waals surface area contributed by atoms with Crippen molar-refractivity contribution in [3.05, 3.63) is 78.8 Å². The van der Waals surface area contributed by atoms with Crippen molar-refractivity contribution in [1.29, 1.82) is 0 Å². The Kier molecular flexibility index (Phi) is 5.00. The summed E-state index contributed by atoms with van der Waals surface area (Å²) in [5.41, 5.74) is 1.53. The molecule has 0 saturated carbocycles. The van der Waals surface area contributed by atoms with E-state index in [-0.39, 0.29) is 23.0 Å². The molecule has 0 spiro atoms. The Morgan fingerprint density at radius 2 is 1.56 bits per heavy atom. The van der Waals surface area contributed by atoms with Crippen molar-refractivity contribution in [1.82, 2.24) is 5.32 Å². The highest BCUT2D eigenvalue weighted by Gasteiger charge is 2.18. The van der Waals surface area contributed by atoms with Crippen LogP contribution in [-0.2, 0) is 9.84 Å². The molecule has 0 aliphatic rings. The van der Waals surface area contributed by atoms with E-state index in [1.807, 2.05) is 30.3 Å². The molecule has 0 atom stereocenters. The van der Waals surface area contributed by atoms with Gasteiger partial charge in [0.1, 0.15) is 0 Å². The molecule has 1 heterocycles. The summed E-state index contributed by atoms with van der Waals surface area (Å²) in [6.45, 7) is 0.00495. The number of carbonyl (C=O) groups excluding carboxylic acids is 1. The molecule has 0 aliphatic carbocycles. The number of nitrogens with one attached hydrogen (secondary N) is 1. The number of carbonyl (C=O) groups is 1. The third-order valence-electron chi connectivity index (χ3n) is 3.71. The molecule has 3 rings (SSSR count). The van der Waals surface area contributed by atoms with Crippen LogP contribution in [0.1, 0.15) is 10.6 Å². The Bertz CT molecular complexity index is 947. The molecule has 0 fully saturated rings. The Hall–Kier alpha value is -2.86. The van der Waals surface area contributed by atoms with E-state index in [2.05, 4.69) is 5.32 Å². The van der Waals surface area contributed by atoms with Crippen molar-refractivity contribution in [2.75, 3.05) is 12.3 Å². The number of hydrogen-bond donors (Lipinski definition) is 1. The second-order valence-electron chi connectivity index (χ2n) is 5.42. The minimum atomic E-state index is -3.43. The highest BCUT2D eigenvalue weighted by molar-refractivity contribution is 7.91. The van der Waals surface area contributed by atoms with E-state index in [1.54, 1.807) is 24.3 Å². The summed E-state index contributed by atoms with van der Waals surface area (Å²) < 4.78 is 29.7. The lowest BCUT2D eigenvalue weighted by atomic mass is 10.1. The SMILES string of the molecule is O=C(NCCS(=O)(=O)c1ccccc1)c1occc1-c1ccccc1. The van der Waals surface area contributed by atoms with E-state index < -0.39 is 15.7 Å². The molecule has 128 valence electrons. The Balaban J connectivity index is 1.66. The summed E-state index contributed by atoms with van der Waals surface area (Å²) in [5.74, 6) is -0.445. The van der Waals surface area contributed by atoms with E-state index in [4.69, 9.17) is 4.42 Å². The number of sulfone groups is 1. The predicted molar refractivity (Wildman–Crippen MR) is 95.0 cm³/mol. The van der Waals surface area contributed by atoms with Gasteiger partial charge < -0.3 is 9.73 Å². The van der Waals surface area contributed by atoms with Gasteiger partial charge in [-0.15, -0.1) is 0 Å². The van der Waals surface area contributed by atoms with Crippen LogP contribution >= 0.6 is 0 Å². The molecular weight excluding hydrogens is 338 g/mol. The van der Waals surface area contributed by atoms with Crippen LogP contribution in [0.3, 0.4) is 0 Å². The van der Waals surface area contributed by atoms with E-state index in [0.29, 0.717) is 5.56 Å². The van der Waals surface area contributed by atoms with Crippen LogP contribution in [0, 0.1) is 0 Å². The third kappa shape index (κ3) is 3.97. The summed E-state index contributed by atoms with van der Waals surface area (Å²) in [5, 5.41) is 2.61. The number of hydrogen-bond acceptors (Lipinski definition) is 4. The Morgan fingerprint density at radius 3 is 2.24 bits per heavy atom. The molecule has 0 unspecified atom stereocenters. The van der Waals surface area contributed by atoms with Gasteiger partial charge in [0.2, 0.25) is 0 Å². The average Bonchev–Trinajstić information content (AvgIpc) is 3.13. The first-order chi connectivity index (χ1) is 12.1. The van der Waals surface area contributed by atoms with Gasteiger partial charge in [0.05, 0.1) is 16.9 Å². The maximum Gasteiger partial charge on any atom is 0.287 e. The lowest BCUT2D eigenvalue weighted by Crippen LogP contribution is -2.29. The maximum absolute atomic E-state index is 12.3. The fourth-order valence-corrected chi connectivity index (χ4v) is 3.63. The number of rotatable bonds is 6. The van der Waals surface area contributed by atoms with Gasteiger partial charge in [0.15, 0.2) is 15.6 Å². The number of amides is 1. The summed E-state index contributed by atoms with van der Waals surface area (Å²) in [6, 6.07) is 19.3. The summed E-state index contributed by atoms with van der Waals surface area (Å²) in [4.78, 5) is 12.6. The van der Waals surface area contributed by atoms with E-state index in [9.17, 15) is 13.2 Å². The topological polar surface area (TPSA) is 76.4 Å². The number of furan rings is 1. The molecule has 2 aromatic carbocycles. The third-order valence-corrected chi connectivity index (χ3v) is 5.45. The fourth-order valence-electron chi connectivity index (χ4n) is 2.46. The lowest BCUT2D eigenvalue weighted by Gasteiger charge is -2.07. The molecule has 1 aromatic heterocycles. The van der Waals surface area contributed by atoms with Crippen molar-refractivity contribution < 1.29 is 17.6 Å². The van der Waals surface area contributed by atoms with Gasteiger partial charge in [-0.05, 0) is 23.8 Å². The number of benzene rings is 2. The van der Waals surface area contributed by atoms with Crippen molar-refractivity contribution in [2.45, 2.75) is 4.90 Å². The van der Waals surface area contributed by atoms with Gasteiger partial charge in [-0.1, -0.05) is 48.5 Å². The average molecular weight is 355 g/mol. The van der Waals surface area contributed by atoms with Crippen LogP contribution in [0.5, 0.6) is 0 Å². The molecule has 1 amide bonds. The smallest absolute Gasteiger partial charge is 0.287 e. The second kappa shape index (κ2) is 7.36. The van der Waals surface area contributed by atoms with Crippen molar-refractivity contribution in [2.24, 2.45) is 0 Å². The van der Waals surface area contributed by atoms with E-state index in [1.165, 1.54) is 18.4 Å². The molecule has 3 aromatic rings. The monoisotopic (exact) mass is 355 g/mol. The lowest BCUT2D eigenvalue weighted by molar-refractivity contribution is 0.0929. The van der Waals surface area contributed by atoms with E-state index >= 15 is 0 Å². The normalized spacial score (nSPS) is 11.2. The predicted octanol–water partition coefficient (Wildman–Crippen LogP) is 3.15. The van der Waals surface area contributed by atoms with Gasteiger partial charge in [0.25, 0.3) is 5.91 Å². The molecule has 1 N–H and O–H groups in total. The van der Waals surface area contributed by atoms with E-state index in [0.717, 1.165) is 5.56 Å². The molecular formula is C19H17NO4S. The fraction of sp³-hybridized carbons (Fsp3) is 0.105. The zero-order chi connectivity index (χ0) is 17.7. The summed E-state index contributed by atoms with van der Waals surface area (Å²) in [6.07, 6.45) is 1.44. The second-order valence-corrected chi connectivity index (χ2v) is 7.53. The molecule has 25 heavy (non-hydrogen) atoms. The van der Waals surface area contributed by atoms with Gasteiger partial charge in [-0.3, -0.25) is 4.79 Å². The molecule has 0 aliphatic heterocycles. The zero-order valence-electron chi connectivity index (χ0n) is 13.4. The van der Waals surface area contributed by atoms with Crippen LogP contribution in [0.15, 0.2) is 82.3 Å². The minimum Gasteiger partial charge on any atom is -0.459 e. The first-order valence-corrected chi connectivity index (χ1v) is 9.42. The van der Waals surface area contributed by atoms with Crippen LogP contribution in [0.2, 0.25) is 0 Å². The van der Waals surface area contributed by atoms with Crippen molar-refractivity contribution >= 4 is 15.7 Å². The van der Waals surface area contributed by atoms with Crippen molar-refractivity contribution in [3.8, 4) is 11.1 Å². The van der Waals surface area contributed by atoms with Gasteiger partial charge in [-0.2, -0.15) is 0 Å². The molecule has 5 nitrogen and oxygen atoms in total. The molecule has 0 saturated heterocycles. The highest BCUT2D eigenvalue weighted by atomic mass is 32.2. The molecule has 0 radical (unpaired) electrons. The first kappa shape index (κ1) is 17.0. The van der Waals surface area contributed by atoms with Gasteiger partial charge in [-0.25, -0.2) is 8.42 Å². The maximum atomic E-state index is 12.3. The summed E-state index contributed by atoms with van der Waals surface area (Å²) in [7, 11) is -3.43. The van der Waals surface area contributed by atoms with Crippen LogP contribution in [0.4, 0.5) is 0 Å². The summed E-state index contributed by atoms with van der Waals surface area (Å²) >= 11 is 0. The highest BCUT2D eigenvalue weighted by Crippen LogP contribution is 2.24. The van der Waals surface area contributed by atoms with Crippen LogP contribution in [-0.4, -0.2) is 26.6 Å². The van der Waals surface area contributed by atoms with Gasteiger partial charge >= 0.3 is 0 Å². The molecule has 0 bridgehead atoms. The Labute approximate surface area is 146 Å². The largest absolute Gasteiger partial charge is 0.459 e. The zero-order valence-corrected chi connectivity index (χ0v) is 14.2. The standard InChI is InChI=1S/C19H17NO4S/c21-19(18-17(11-13-24-18)15-7-3-1-4-8-15)20-12-14-25(22,23)16-9-5-2-6-10-16/h1-11,13H,12,14H2,(H,20,21). The van der Waals surface area contributed by atoms with Crippen LogP contribution < -0.4 is 5.32 Å². The minimum absolute atomic E-state index is 0.00495. The molecule has 6 heteroatoms. The quantitative estimate of drug-likeness (QED) is 0.737. The Morgan fingerprint density at radius 1 is 0.920 bits per heavy atom. The van der Waals surface area contributed by atoms with Crippen molar-refractivity contribution in [3.63, 3.8) is 0 Å². The van der Waals surface area contributed by atoms with Crippen LogP contribution in [0.25, 0.3) is 11.1 Å².